The summed E-state index contributed by atoms with van der Waals surface area (Å²) in [5.41, 5.74) is 1.21. The number of halogens is 2. The molecule has 0 spiro atoms. The fourth-order valence-corrected chi connectivity index (χ4v) is 3.76. The number of carbonyl (C=O) groups excluding carboxylic acids is 1. The predicted molar refractivity (Wildman–Crippen MR) is 121 cm³/mol. The average molecular weight is 551 g/mol. The molecule has 2 saturated heterocycles. The number of benzene rings is 1. The first kappa shape index (κ1) is 22.4. The molecule has 1 aromatic rings. The van der Waals surface area contributed by atoms with E-state index in [-0.39, 0.29) is 29.9 Å². The first-order valence-corrected chi connectivity index (χ1v) is 10.0. The zero-order chi connectivity index (χ0) is 18.4. The van der Waals surface area contributed by atoms with E-state index in [1.54, 1.807) is 0 Å². The summed E-state index contributed by atoms with van der Waals surface area (Å²) in [5.74, 6) is 1.34. The summed E-state index contributed by atoms with van der Waals surface area (Å²) in [6.07, 6.45) is 1.77. The van der Waals surface area contributed by atoms with Crippen molar-refractivity contribution in [2.45, 2.75) is 19.4 Å². The maximum absolute atomic E-state index is 12.6. The third-order valence-electron chi connectivity index (χ3n) is 5.04. The van der Waals surface area contributed by atoms with Gasteiger partial charge in [-0.25, -0.2) is 0 Å². The number of rotatable bonds is 3. The van der Waals surface area contributed by atoms with Gasteiger partial charge in [-0.05, 0) is 30.5 Å². The molecule has 27 heavy (non-hydrogen) atoms. The number of hydrogen-bond donors (Lipinski definition) is 1. The minimum atomic E-state index is 0. The third-order valence-corrected chi connectivity index (χ3v) is 5.57. The van der Waals surface area contributed by atoms with Crippen LogP contribution in [0.4, 0.5) is 0 Å². The zero-order valence-electron chi connectivity index (χ0n) is 15.7. The van der Waals surface area contributed by atoms with Crippen molar-refractivity contribution in [2.24, 2.45) is 10.9 Å². The molecule has 6 nitrogen and oxygen atoms in total. The first-order valence-electron chi connectivity index (χ1n) is 9.24. The Balaban J connectivity index is 0.00000261. The van der Waals surface area contributed by atoms with Crippen LogP contribution in [-0.4, -0.2) is 68.1 Å². The third kappa shape index (κ3) is 6.32. The van der Waals surface area contributed by atoms with Gasteiger partial charge >= 0.3 is 0 Å². The van der Waals surface area contributed by atoms with Crippen LogP contribution < -0.4 is 5.32 Å². The smallest absolute Gasteiger partial charge is 0.225 e. The van der Waals surface area contributed by atoms with Gasteiger partial charge in [0.25, 0.3) is 0 Å². The molecule has 1 N–H and O–H groups in total. The van der Waals surface area contributed by atoms with Crippen LogP contribution in [0, 0.1) is 5.92 Å². The van der Waals surface area contributed by atoms with Crippen LogP contribution in [0.15, 0.2) is 33.7 Å². The van der Waals surface area contributed by atoms with E-state index < -0.39 is 0 Å². The molecule has 1 amide bonds. The van der Waals surface area contributed by atoms with Gasteiger partial charge in [-0.2, -0.15) is 0 Å². The van der Waals surface area contributed by atoms with E-state index in [4.69, 9.17) is 4.74 Å². The summed E-state index contributed by atoms with van der Waals surface area (Å²) in [4.78, 5) is 21.3. The Morgan fingerprint density at radius 2 is 1.78 bits per heavy atom. The number of likely N-dealkylation sites (tertiary alicyclic amines) is 1. The van der Waals surface area contributed by atoms with Crippen molar-refractivity contribution in [2.75, 3.05) is 46.4 Å². The summed E-state index contributed by atoms with van der Waals surface area (Å²) in [7, 11) is 1.81. The Morgan fingerprint density at radius 3 is 2.37 bits per heavy atom. The molecule has 0 aromatic heterocycles. The second-order valence-electron chi connectivity index (χ2n) is 6.73. The van der Waals surface area contributed by atoms with Gasteiger partial charge in [0.15, 0.2) is 5.96 Å². The Kier molecular flexibility index (Phi) is 9.31. The van der Waals surface area contributed by atoms with E-state index >= 15 is 0 Å². The molecule has 0 unspecified atom stereocenters. The highest BCUT2D eigenvalue weighted by atomic mass is 127. The number of ether oxygens (including phenoxy) is 1. The number of nitrogens with one attached hydrogen (secondary N) is 1. The molecule has 0 atom stereocenters. The number of guanidine groups is 1. The zero-order valence-corrected chi connectivity index (χ0v) is 19.6. The minimum absolute atomic E-state index is 0. The van der Waals surface area contributed by atoms with Crippen LogP contribution in [0.2, 0.25) is 0 Å². The van der Waals surface area contributed by atoms with E-state index in [0.717, 1.165) is 56.0 Å². The lowest BCUT2D eigenvalue weighted by Crippen LogP contribution is -2.49. The molecule has 2 fully saturated rings. The Bertz CT molecular complexity index is 627. The lowest BCUT2D eigenvalue weighted by atomic mass is 9.95. The van der Waals surface area contributed by atoms with Crippen molar-refractivity contribution >= 4 is 51.8 Å². The highest BCUT2D eigenvalue weighted by molar-refractivity contribution is 14.0. The van der Waals surface area contributed by atoms with E-state index in [9.17, 15) is 4.79 Å². The topological polar surface area (TPSA) is 57.2 Å². The summed E-state index contributed by atoms with van der Waals surface area (Å²) in [6, 6.07) is 8.28. The van der Waals surface area contributed by atoms with Crippen molar-refractivity contribution in [3.05, 3.63) is 34.3 Å². The van der Waals surface area contributed by atoms with Crippen LogP contribution in [-0.2, 0) is 16.1 Å². The molecule has 2 aliphatic heterocycles. The van der Waals surface area contributed by atoms with Gasteiger partial charge in [-0.3, -0.25) is 9.79 Å². The van der Waals surface area contributed by atoms with Crippen LogP contribution in [0.3, 0.4) is 0 Å². The van der Waals surface area contributed by atoms with Gasteiger partial charge in [0.2, 0.25) is 5.91 Å². The highest BCUT2D eigenvalue weighted by Crippen LogP contribution is 2.20. The molecule has 0 bridgehead atoms. The monoisotopic (exact) mass is 550 g/mol. The maximum Gasteiger partial charge on any atom is 0.225 e. The number of nitrogens with zero attached hydrogens (tertiary/aromatic N) is 3. The number of piperidine rings is 1. The molecule has 8 heteroatoms. The Morgan fingerprint density at radius 1 is 1.15 bits per heavy atom. The number of aliphatic imine (C=N–C) groups is 1. The van der Waals surface area contributed by atoms with Gasteiger partial charge < -0.3 is 19.9 Å². The largest absolute Gasteiger partial charge is 0.378 e. The lowest BCUT2D eigenvalue weighted by Gasteiger charge is -2.36. The van der Waals surface area contributed by atoms with E-state index in [1.807, 2.05) is 24.1 Å². The van der Waals surface area contributed by atoms with E-state index in [1.165, 1.54) is 5.56 Å². The van der Waals surface area contributed by atoms with Gasteiger partial charge in [0, 0.05) is 50.2 Å². The molecule has 1 aromatic carbocycles. The summed E-state index contributed by atoms with van der Waals surface area (Å²) < 4.78 is 6.42. The minimum Gasteiger partial charge on any atom is -0.378 e. The quantitative estimate of drug-likeness (QED) is 0.357. The standard InChI is InChI=1S/C19H27BrN4O2.HI/c1-21-19(22-14-15-2-4-17(20)5-3-15)24-8-6-16(7-9-24)18(25)23-10-12-26-13-11-23;/h2-5,16H,6-14H2,1H3,(H,21,22);1H. The normalized spacial score (nSPS) is 18.8. The lowest BCUT2D eigenvalue weighted by molar-refractivity contribution is -0.140. The molecule has 3 rings (SSSR count). The fraction of sp³-hybridized carbons (Fsp3) is 0.579. The average Bonchev–Trinajstić information content (AvgIpc) is 2.70. The Hall–Kier alpha value is -0.870. The summed E-state index contributed by atoms with van der Waals surface area (Å²) in [6.45, 7) is 5.26. The number of hydrogen-bond acceptors (Lipinski definition) is 3. The number of amides is 1. The molecule has 2 heterocycles. The summed E-state index contributed by atoms with van der Waals surface area (Å²) >= 11 is 3.46. The fourth-order valence-electron chi connectivity index (χ4n) is 3.50. The van der Waals surface area contributed by atoms with E-state index in [2.05, 4.69) is 43.3 Å². The van der Waals surface area contributed by atoms with Gasteiger partial charge in [-0.1, -0.05) is 28.1 Å². The molecular weight excluding hydrogens is 523 g/mol. The molecule has 0 aliphatic carbocycles. The number of morpholine rings is 1. The van der Waals surface area contributed by atoms with Crippen LogP contribution in [0.5, 0.6) is 0 Å². The van der Waals surface area contributed by atoms with Gasteiger partial charge in [-0.15, -0.1) is 24.0 Å². The Labute approximate surface area is 186 Å². The van der Waals surface area contributed by atoms with Crippen molar-refractivity contribution in [1.82, 2.24) is 15.1 Å². The maximum atomic E-state index is 12.6. The molecule has 150 valence electrons. The van der Waals surface area contributed by atoms with Gasteiger partial charge in [0.05, 0.1) is 13.2 Å². The second kappa shape index (κ2) is 11.2. The van der Waals surface area contributed by atoms with E-state index in [0.29, 0.717) is 19.1 Å². The number of carbonyl (C=O) groups is 1. The first-order chi connectivity index (χ1) is 12.7. The molecule has 0 radical (unpaired) electrons. The van der Waals surface area contributed by atoms with Crippen LogP contribution in [0.1, 0.15) is 18.4 Å². The van der Waals surface area contributed by atoms with Crippen molar-refractivity contribution < 1.29 is 9.53 Å². The van der Waals surface area contributed by atoms with Gasteiger partial charge in [0.1, 0.15) is 0 Å². The highest BCUT2D eigenvalue weighted by Gasteiger charge is 2.30. The van der Waals surface area contributed by atoms with Crippen molar-refractivity contribution in [1.29, 1.82) is 0 Å². The predicted octanol–water partition coefficient (Wildman–Crippen LogP) is 2.71. The summed E-state index contributed by atoms with van der Waals surface area (Å²) in [5, 5.41) is 3.43. The van der Waals surface area contributed by atoms with Crippen LogP contribution in [0.25, 0.3) is 0 Å². The molecule has 2 aliphatic rings. The second-order valence-corrected chi connectivity index (χ2v) is 7.64. The SMILES string of the molecule is CN=C(NCc1ccc(Br)cc1)N1CCC(C(=O)N2CCOCC2)CC1.I. The van der Waals surface area contributed by atoms with Crippen molar-refractivity contribution in [3.8, 4) is 0 Å². The molecule has 0 saturated carbocycles. The van der Waals surface area contributed by atoms with Crippen LogP contribution >= 0.6 is 39.9 Å². The van der Waals surface area contributed by atoms with Crippen molar-refractivity contribution in [3.63, 3.8) is 0 Å². The molecular formula is C19H28BrIN4O2.